The highest BCUT2D eigenvalue weighted by Crippen LogP contribution is 2.27. The molecule has 1 amide bonds. The normalized spacial score (nSPS) is 21.6. The van der Waals surface area contributed by atoms with Gasteiger partial charge in [0, 0.05) is 56.1 Å². The molecule has 36 heavy (non-hydrogen) atoms. The average Bonchev–Trinajstić information content (AvgIpc) is 2.90. The standard InChI is InChI=1S/C29H37N3O4/c1-21-17-32(22(2)20-33)29(34)26-15-25(10-9-23-7-5-4-6-8-23)16-30-28(26)36-27(21)19-31(3)18-24-11-13-35-14-12-24/h4-8,15-16,21-22,24,27,33H,11-14,17-20H2,1-3H3/t21-,22+,27+/m1/s1. The number of hydrogen-bond donors (Lipinski definition) is 1. The van der Waals surface area contributed by atoms with Crippen LogP contribution in [0.2, 0.25) is 0 Å². The van der Waals surface area contributed by atoms with Crippen molar-refractivity contribution in [2.45, 2.75) is 38.8 Å². The van der Waals surface area contributed by atoms with Crippen LogP contribution in [0.5, 0.6) is 5.88 Å². The quantitative estimate of drug-likeness (QED) is 0.626. The van der Waals surface area contributed by atoms with Crippen LogP contribution in [0.25, 0.3) is 0 Å². The van der Waals surface area contributed by atoms with Crippen LogP contribution in [0.4, 0.5) is 0 Å². The lowest BCUT2D eigenvalue weighted by Gasteiger charge is -2.38. The SMILES string of the molecule is C[C@@H]1CN([C@@H](C)CO)C(=O)c2cc(C#Cc3ccccc3)cnc2O[C@H]1CN(C)CC1CCOCC1. The molecule has 4 rings (SSSR count). The summed E-state index contributed by atoms with van der Waals surface area (Å²) in [6, 6.07) is 11.2. The summed E-state index contributed by atoms with van der Waals surface area (Å²) < 4.78 is 11.9. The first-order chi connectivity index (χ1) is 17.4. The first-order valence-electron chi connectivity index (χ1n) is 12.9. The van der Waals surface area contributed by atoms with Gasteiger partial charge in [0.1, 0.15) is 11.7 Å². The maximum atomic E-state index is 13.6. The van der Waals surface area contributed by atoms with Gasteiger partial charge in [0.2, 0.25) is 5.88 Å². The third-order valence-corrected chi connectivity index (χ3v) is 7.05. The molecule has 0 saturated carbocycles. The highest BCUT2D eigenvalue weighted by atomic mass is 16.5. The van der Waals surface area contributed by atoms with Gasteiger partial charge in [0.05, 0.1) is 12.6 Å². The van der Waals surface area contributed by atoms with Gasteiger partial charge in [-0.05, 0) is 50.9 Å². The van der Waals surface area contributed by atoms with Crippen molar-refractivity contribution >= 4 is 5.91 Å². The molecule has 0 unspecified atom stereocenters. The highest BCUT2D eigenvalue weighted by molar-refractivity contribution is 5.97. The van der Waals surface area contributed by atoms with E-state index in [-0.39, 0.29) is 30.6 Å². The topological polar surface area (TPSA) is 75.1 Å². The van der Waals surface area contributed by atoms with E-state index in [2.05, 4.69) is 35.7 Å². The fourth-order valence-electron chi connectivity index (χ4n) is 4.81. The fourth-order valence-corrected chi connectivity index (χ4v) is 4.81. The number of likely N-dealkylation sites (N-methyl/N-ethyl adjacent to an activating group) is 1. The minimum Gasteiger partial charge on any atom is -0.472 e. The van der Waals surface area contributed by atoms with Crippen LogP contribution in [0, 0.1) is 23.7 Å². The Hall–Kier alpha value is -2.92. The van der Waals surface area contributed by atoms with Crippen LogP contribution in [0.15, 0.2) is 42.6 Å². The van der Waals surface area contributed by atoms with E-state index in [9.17, 15) is 9.90 Å². The van der Waals surface area contributed by atoms with E-state index >= 15 is 0 Å². The van der Waals surface area contributed by atoms with Gasteiger partial charge in [-0.1, -0.05) is 37.0 Å². The van der Waals surface area contributed by atoms with Gasteiger partial charge < -0.3 is 24.4 Å². The molecule has 0 aliphatic carbocycles. The van der Waals surface area contributed by atoms with Gasteiger partial charge in [-0.3, -0.25) is 4.79 Å². The molecule has 7 heteroatoms. The smallest absolute Gasteiger partial charge is 0.259 e. The van der Waals surface area contributed by atoms with Crippen molar-refractivity contribution in [3.63, 3.8) is 0 Å². The Morgan fingerprint density at radius 2 is 1.89 bits per heavy atom. The Balaban J connectivity index is 1.59. The Bertz CT molecular complexity index is 1070. The highest BCUT2D eigenvalue weighted by Gasteiger charge is 2.34. The van der Waals surface area contributed by atoms with Gasteiger partial charge in [-0.15, -0.1) is 0 Å². The summed E-state index contributed by atoms with van der Waals surface area (Å²) in [5.74, 6) is 7.06. The maximum absolute atomic E-state index is 13.6. The van der Waals surface area contributed by atoms with Crippen molar-refractivity contribution in [1.82, 2.24) is 14.8 Å². The molecule has 0 bridgehead atoms. The number of fused-ring (bicyclic) bond motifs is 1. The number of pyridine rings is 1. The number of benzene rings is 1. The lowest BCUT2D eigenvalue weighted by molar-refractivity contribution is 0.0254. The molecule has 2 aliphatic rings. The summed E-state index contributed by atoms with van der Waals surface area (Å²) in [6.45, 7) is 7.73. The molecule has 2 aromatic rings. The zero-order chi connectivity index (χ0) is 25.5. The predicted octanol–water partition coefficient (Wildman–Crippen LogP) is 3.06. The number of aromatic nitrogens is 1. The van der Waals surface area contributed by atoms with E-state index in [1.54, 1.807) is 17.2 Å². The van der Waals surface area contributed by atoms with Crippen molar-refractivity contribution in [1.29, 1.82) is 0 Å². The van der Waals surface area contributed by atoms with Crippen molar-refractivity contribution in [3.8, 4) is 17.7 Å². The molecular formula is C29H37N3O4. The Kier molecular flexibility index (Phi) is 8.98. The molecule has 1 N–H and O–H groups in total. The third-order valence-electron chi connectivity index (χ3n) is 7.05. The largest absolute Gasteiger partial charge is 0.472 e. The summed E-state index contributed by atoms with van der Waals surface area (Å²) in [6.07, 6.45) is 3.68. The molecule has 0 radical (unpaired) electrons. The molecular weight excluding hydrogens is 454 g/mol. The number of aliphatic hydroxyl groups excluding tert-OH is 1. The summed E-state index contributed by atoms with van der Waals surface area (Å²) in [7, 11) is 2.13. The molecule has 1 fully saturated rings. The van der Waals surface area contributed by atoms with E-state index in [0.29, 0.717) is 29.5 Å². The van der Waals surface area contributed by atoms with E-state index in [0.717, 1.165) is 44.7 Å². The fraction of sp³-hybridized carbons (Fsp3) is 0.517. The van der Waals surface area contributed by atoms with Gasteiger partial charge in [-0.25, -0.2) is 4.98 Å². The number of rotatable bonds is 6. The third kappa shape index (κ3) is 6.64. The maximum Gasteiger partial charge on any atom is 0.259 e. The molecule has 3 heterocycles. The summed E-state index contributed by atoms with van der Waals surface area (Å²) in [5.41, 5.74) is 1.93. The zero-order valence-corrected chi connectivity index (χ0v) is 21.5. The van der Waals surface area contributed by atoms with Crippen molar-refractivity contribution in [2.75, 3.05) is 46.5 Å². The van der Waals surface area contributed by atoms with E-state index in [1.165, 1.54) is 0 Å². The second-order valence-electron chi connectivity index (χ2n) is 10.1. The van der Waals surface area contributed by atoms with Crippen molar-refractivity contribution < 1.29 is 19.4 Å². The number of aliphatic hydroxyl groups is 1. The predicted molar refractivity (Wildman–Crippen MR) is 139 cm³/mol. The second kappa shape index (κ2) is 12.4. The lowest BCUT2D eigenvalue weighted by Crippen LogP contribution is -2.50. The number of hydrogen-bond acceptors (Lipinski definition) is 6. The molecule has 3 atom stereocenters. The number of nitrogens with zero attached hydrogens (tertiary/aromatic N) is 3. The molecule has 2 aliphatic heterocycles. The van der Waals surface area contributed by atoms with Crippen molar-refractivity contribution in [2.24, 2.45) is 11.8 Å². The number of carbonyl (C=O) groups is 1. The van der Waals surface area contributed by atoms with Crippen LogP contribution in [-0.4, -0.2) is 84.4 Å². The van der Waals surface area contributed by atoms with Gasteiger partial charge in [0.15, 0.2) is 0 Å². The number of carbonyl (C=O) groups excluding carboxylic acids is 1. The monoisotopic (exact) mass is 491 g/mol. The number of amides is 1. The Labute approximate surface area is 214 Å². The van der Waals surface area contributed by atoms with Crippen LogP contribution < -0.4 is 4.74 Å². The van der Waals surface area contributed by atoms with E-state index < -0.39 is 0 Å². The van der Waals surface area contributed by atoms with Gasteiger partial charge >= 0.3 is 0 Å². The van der Waals surface area contributed by atoms with Crippen LogP contribution in [-0.2, 0) is 4.74 Å². The minimum atomic E-state index is -0.314. The first-order valence-corrected chi connectivity index (χ1v) is 12.9. The Morgan fingerprint density at radius 3 is 2.61 bits per heavy atom. The summed E-state index contributed by atoms with van der Waals surface area (Å²) >= 11 is 0. The Morgan fingerprint density at radius 1 is 1.17 bits per heavy atom. The second-order valence-corrected chi connectivity index (χ2v) is 10.1. The molecule has 1 saturated heterocycles. The van der Waals surface area contributed by atoms with Crippen molar-refractivity contribution in [3.05, 3.63) is 59.3 Å². The molecule has 7 nitrogen and oxygen atoms in total. The first kappa shape index (κ1) is 26.2. The van der Waals surface area contributed by atoms with Crippen LogP contribution >= 0.6 is 0 Å². The molecule has 192 valence electrons. The minimum absolute atomic E-state index is 0.0626. The summed E-state index contributed by atoms with van der Waals surface area (Å²) in [5, 5.41) is 9.88. The van der Waals surface area contributed by atoms with Gasteiger partial charge in [0.25, 0.3) is 5.91 Å². The zero-order valence-electron chi connectivity index (χ0n) is 21.5. The van der Waals surface area contributed by atoms with Crippen LogP contribution in [0.3, 0.4) is 0 Å². The molecule has 1 aromatic carbocycles. The van der Waals surface area contributed by atoms with Crippen LogP contribution in [0.1, 0.15) is 48.2 Å². The van der Waals surface area contributed by atoms with E-state index in [1.807, 2.05) is 37.3 Å². The van der Waals surface area contributed by atoms with Gasteiger partial charge in [-0.2, -0.15) is 0 Å². The lowest BCUT2D eigenvalue weighted by atomic mass is 9.97. The summed E-state index contributed by atoms with van der Waals surface area (Å²) in [4.78, 5) is 22.2. The molecule has 1 aromatic heterocycles. The van der Waals surface area contributed by atoms with E-state index in [4.69, 9.17) is 9.47 Å². The molecule has 0 spiro atoms. The number of ether oxygens (including phenoxy) is 2. The average molecular weight is 492 g/mol.